The van der Waals surface area contributed by atoms with E-state index in [1.165, 1.54) is 12.1 Å². The first-order valence-corrected chi connectivity index (χ1v) is 7.25. The Bertz CT molecular complexity index is 542. The smallest absolute Gasteiger partial charge is 0.241 e. The van der Waals surface area contributed by atoms with Crippen molar-refractivity contribution in [2.45, 2.75) is 43.7 Å². The fourth-order valence-electron chi connectivity index (χ4n) is 2.28. The number of aliphatic hydroxyl groups is 1. The van der Waals surface area contributed by atoms with Gasteiger partial charge in [0, 0.05) is 6.04 Å². The molecule has 1 aliphatic rings. The molecule has 0 spiro atoms. The molecule has 0 atom stereocenters. The molecule has 1 aliphatic carbocycles. The average molecular weight is 273 g/mol. The Balaban J connectivity index is 2.30. The number of benzene rings is 1. The summed E-state index contributed by atoms with van der Waals surface area (Å²) in [6, 6.07) is 2.18. The van der Waals surface area contributed by atoms with Crippen LogP contribution in [0, 0.1) is 19.7 Å². The van der Waals surface area contributed by atoms with Crippen molar-refractivity contribution in [2.75, 3.05) is 0 Å². The minimum atomic E-state index is -3.65. The van der Waals surface area contributed by atoms with Gasteiger partial charge in [-0.1, -0.05) is 0 Å². The molecule has 1 saturated carbocycles. The maximum absolute atomic E-state index is 13.1. The van der Waals surface area contributed by atoms with E-state index in [0.717, 1.165) is 0 Å². The molecular weight excluding hydrogens is 257 g/mol. The Labute approximate surface area is 106 Å². The second kappa shape index (κ2) is 4.60. The zero-order valence-corrected chi connectivity index (χ0v) is 11.1. The first-order valence-electron chi connectivity index (χ1n) is 5.77. The number of aryl methyl sites for hydroxylation is 2. The van der Waals surface area contributed by atoms with E-state index in [2.05, 4.69) is 4.72 Å². The quantitative estimate of drug-likeness (QED) is 0.871. The number of sulfonamides is 1. The molecule has 0 saturated heterocycles. The lowest BCUT2D eigenvalue weighted by Gasteiger charge is -2.32. The van der Waals surface area contributed by atoms with Gasteiger partial charge in [0.2, 0.25) is 10.0 Å². The topological polar surface area (TPSA) is 66.4 Å². The SMILES string of the molecule is Cc1cc(F)cc(C)c1S(=O)(=O)NC1CC(O)C1. The van der Waals surface area contributed by atoms with Crippen molar-refractivity contribution in [1.82, 2.24) is 4.72 Å². The van der Waals surface area contributed by atoms with Gasteiger partial charge in [-0.05, 0) is 49.9 Å². The standard InChI is InChI=1S/C12H16FNO3S/c1-7-3-9(13)4-8(2)12(7)18(16,17)14-10-5-11(15)6-10/h3-4,10-11,14-15H,5-6H2,1-2H3. The highest BCUT2D eigenvalue weighted by Crippen LogP contribution is 2.25. The van der Waals surface area contributed by atoms with Crippen molar-refractivity contribution in [3.05, 3.63) is 29.1 Å². The van der Waals surface area contributed by atoms with Crippen molar-refractivity contribution in [3.8, 4) is 0 Å². The van der Waals surface area contributed by atoms with Gasteiger partial charge in [0.05, 0.1) is 11.0 Å². The summed E-state index contributed by atoms with van der Waals surface area (Å²) in [6.07, 6.45) is 0.435. The lowest BCUT2D eigenvalue weighted by atomic mass is 9.91. The summed E-state index contributed by atoms with van der Waals surface area (Å²) in [5.74, 6) is -0.442. The molecule has 1 aromatic carbocycles. The van der Waals surface area contributed by atoms with Crippen LogP contribution in [0.15, 0.2) is 17.0 Å². The largest absolute Gasteiger partial charge is 0.393 e. The highest BCUT2D eigenvalue weighted by Gasteiger charge is 2.32. The van der Waals surface area contributed by atoms with E-state index < -0.39 is 21.9 Å². The van der Waals surface area contributed by atoms with E-state index in [1.54, 1.807) is 13.8 Å². The minimum Gasteiger partial charge on any atom is -0.393 e. The molecule has 0 heterocycles. The summed E-state index contributed by atoms with van der Waals surface area (Å²) in [5.41, 5.74) is 0.778. The molecule has 0 amide bonds. The maximum Gasteiger partial charge on any atom is 0.241 e. The van der Waals surface area contributed by atoms with Crippen LogP contribution in [0.3, 0.4) is 0 Å². The summed E-state index contributed by atoms with van der Waals surface area (Å²) in [7, 11) is -3.65. The van der Waals surface area contributed by atoms with Crippen LogP contribution in [0.1, 0.15) is 24.0 Å². The molecule has 2 rings (SSSR count). The Morgan fingerprint density at radius 1 is 1.28 bits per heavy atom. The van der Waals surface area contributed by atoms with Crippen LogP contribution >= 0.6 is 0 Å². The molecule has 18 heavy (non-hydrogen) atoms. The highest BCUT2D eigenvalue weighted by atomic mass is 32.2. The van der Waals surface area contributed by atoms with E-state index in [-0.39, 0.29) is 10.9 Å². The van der Waals surface area contributed by atoms with Gasteiger partial charge < -0.3 is 5.11 Å². The molecule has 0 unspecified atom stereocenters. The first-order chi connectivity index (χ1) is 8.29. The lowest BCUT2D eigenvalue weighted by Crippen LogP contribution is -2.46. The van der Waals surface area contributed by atoms with E-state index >= 15 is 0 Å². The van der Waals surface area contributed by atoms with Crippen LogP contribution in [0.25, 0.3) is 0 Å². The number of hydrogen-bond donors (Lipinski definition) is 2. The third-order valence-corrected chi connectivity index (χ3v) is 4.95. The van der Waals surface area contributed by atoms with E-state index in [9.17, 15) is 12.8 Å². The van der Waals surface area contributed by atoms with Gasteiger partial charge in [0.1, 0.15) is 5.82 Å². The molecule has 0 aliphatic heterocycles. The summed E-state index contributed by atoms with van der Waals surface area (Å²) in [5, 5.41) is 9.15. The summed E-state index contributed by atoms with van der Waals surface area (Å²) in [4.78, 5) is 0.130. The molecule has 0 radical (unpaired) electrons. The van der Waals surface area contributed by atoms with Gasteiger partial charge in [-0.3, -0.25) is 0 Å². The Hall–Kier alpha value is -0.980. The third-order valence-electron chi connectivity index (χ3n) is 3.13. The molecule has 2 N–H and O–H groups in total. The van der Waals surface area contributed by atoms with Crippen molar-refractivity contribution in [2.24, 2.45) is 0 Å². The van der Waals surface area contributed by atoms with Crippen LogP contribution in [0.5, 0.6) is 0 Å². The molecule has 4 nitrogen and oxygen atoms in total. The normalized spacial score (nSPS) is 23.8. The molecule has 100 valence electrons. The van der Waals surface area contributed by atoms with Crippen LogP contribution in [0.2, 0.25) is 0 Å². The van der Waals surface area contributed by atoms with Gasteiger partial charge in [0.15, 0.2) is 0 Å². The molecule has 1 fully saturated rings. The van der Waals surface area contributed by atoms with Gasteiger partial charge in [-0.15, -0.1) is 0 Å². The van der Waals surface area contributed by atoms with Gasteiger partial charge >= 0.3 is 0 Å². The average Bonchev–Trinajstić information content (AvgIpc) is 2.11. The molecule has 0 bridgehead atoms. The number of hydrogen-bond acceptors (Lipinski definition) is 3. The monoisotopic (exact) mass is 273 g/mol. The Kier molecular flexibility index (Phi) is 3.44. The number of rotatable bonds is 3. The molecule has 6 heteroatoms. The Morgan fingerprint density at radius 3 is 2.22 bits per heavy atom. The maximum atomic E-state index is 13.1. The third kappa shape index (κ3) is 2.55. The van der Waals surface area contributed by atoms with Crippen molar-refractivity contribution >= 4 is 10.0 Å². The molecular formula is C12H16FNO3S. The van der Waals surface area contributed by atoms with E-state index in [1.807, 2.05) is 0 Å². The predicted octanol–water partition coefficient (Wildman–Crippen LogP) is 1.24. The lowest BCUT2D eigenvalue weighted by molar-refractivity contribution is 0.0712. The van der Waals surface area contributed by atoms with Gasteiger partial charge in [0.25, 0.3) is 0 Å². The fourth-order valence-corrected chi connectivity index (χ4v) is 4.00. The van der Waals surface area contributed by atoms with Gasteiger partial charge in [-0.2, -0.15) is 0 Å². The number of halogens is 1. The Morgan fingerprint density at radius 2 is 1.78 bits per heavy atom. The molecule has 0 aromatic heterocycles. The predicted molar refractivity (Wildman–Crippen MR) is 65.2 cm³/mol. The second-order valence-corrected chi connectivity index (χ2v) is 6.46. The zero-order valence-electron chi connectivity index (χ0n) is 10.3. The minimum absolute atomic E-state index is 0.130. The summed E-state index contributed by atoms with van der Waals surface area (Å²) in [6.45, 7) is 3.14. The highest BCUT2D eigenvalue weighted by molar-refractivity contribution is 7.89. The summed E-state index contributed by atoms with van der Waals surface area (Å²) >= 11 is 0. The fraction of sp³-hybridized carbons (Fsp3) is 0.500. The van der Waals surface area contributed by atoms with Crippen LogP contribution < -0.4 is 4.72 Å². The first kappa shape index (κ1) is 13.5. The van der Waals surface area contributed by atoms with Gasteiger partial charge in [-0.25, -0.2) is 17.5 Å². The summed E-state index contributed by atoms with van der Waals surface area (Å²) < 4.78 is 40.0. The van der Waals surface area contributed by atoms with Crippen molar-refractivity contribution in [3.63, 3.8) is 0 Å². The van der Waals surface area contributed by atoms with E-state index in [0.29, 0.717) is 24.0 Å². The van der Waals surface area contributed by atoms with E-state index in [4.69, 9.17) is 5.11 Å². The van der Waals surface area contributed by atoms with Crippen molar-refractivity contribution in [1.29, 1.82) is 0 Å². The van der Waals surface area contributed by atoms with Crippen LogP contribution in [0.4, 0.5) is 4.39 Å². The van der Waals surface area contributed by atoms with Crippen LogP contribution in [-0.4, -0.2) is 25.7 Å². The van der Waals surface area contributed by atoms with Crippen molar-refractivity contribution < 1.29 is 17.9 Å². The second-order valence-electron chi connectivity index (χ2n) is 4.81. The van der Waals surface area contributed by atoms with Crippen LogP contribution in [-0.2, 0) is 10.0 Å². The number of aliphatic hydroxyl groups excluding tert-OH is 1. The molecule has 1 aromatic rings. The number of nitrogens with one attached hydrogen (secondary N) is 1. The zero-order chi connectivity index (χ0) is 13.5.